The number of ether oxygens (including phenoxy) is 1. The van der Waals surface area contributed by atoms with Crippen LogP contribution in [0.4, 0.5) is 0 Å². The van der Waals surface area contributed by atoms with Gasteiger partial charge >= 0.3 is 0 Å². The van der Waals surface area contributed by atoms with Crippen LogP contribution in [0.25, 0.3) is 0 Å². The van der Waals surface area contributed by atoms with Crippen LogP contribution in [0.1, 0.15) is 35.6 Å². The minimum Gasteiger partial charge on any atom is -0.487 e. The minimum atomic E-state index is 0.0609. The Bertz CT molecular complexity index is 570. The van der Waals surface area contributed by atoms with Gasteiger partial charge in [-0.1, -0.05) is 6.92 Å². The van der Waals surface area contributed by atoms with E-state index in [1.54, 1.807) is 19.1 Å². The lowest BCUT2D eigenvalue weighted by Crippen LogP contribution is -2.03. The molecule has 2 aromatic rings. The number of hydrogen-bond donors (Lipinski definition) is 0. The topological polar surface area (TPSA) is 44.1 Å². The number of benzene rings is 1. The molecule has 0 saturated heterocycles. The molecule has 0 amide bonds. The molecule has 0 spiro atoms. The fraction of sp³-hybridized carbons (Fsp3) is 0.333. The summed E-state index contributed by atoms with van der Waals surface area (Å²) in [5.74, 6) is 0.815. The van der Waals surface area contributed by atoms with Gasteiger partial charge in [-0.3, -0.25) is 9.48 Å². The summed E-state index contributed by atoms with van der Waals surface area (Å²) < 4.78 is 7.53. The van der Waals surface area contributed by atoms with Gasteiger partial charge in [0.1, 0.15) is 12.4 Å². The third kappa shape index (κ3) is 3.22. The van der Waals surface area contributed by atoms with E-state index in [9.17, 15) is 4.79 Å². The summed E-state index contributed by atoms with van der Waals surface area (Å²) in [5, 5.41) is 4.37. The summed E-state index contributed by atoms with van der Waals surface area (Å²) >= 11 is 0. The third-order valence-electron chi connectivity index (χ3n) is 3.04. The van der Waals surface area contributed by atoms with E-state index < -0.39 is 0 Å². The fourth-order valence-electron chi connectivity index (χ4n) is 1.82. The Morgan fingerprint density at radius 1 is 1.32 bits per heavy atom. The zero-order valence-corrected chi connectivity index (χ0v) is 11.5. The van der Waals surface area contributed by atoms with Crippen molar-refractivity contribution in [3.63, 3.8) is 0 Å². The van der Waals surface area contributed by atoms with Gasteiger partial charge in [0.15, 0.2) is 5.78 Å². The van der Waals surface area contributed by atoms with Gasteiger partial charge in [0.25, 0.3) is 0 Å². The van der Waals surface area contributed by atoms with E-state index in [1.165, 1.54) is 0 Å². The second-order valence-corrected chi connectivity index (χ2v) is 4.47. The lowest BCUT2D eigenvalue weighted by molar-refractivity contribution is 0.101. The van der Waals surface area contributed by atoms with E-state index in [4.69, 9.17) is 4.74 Å². The fourth-order valence-corrected chi connectivity index (χ4v) is 1.82. The zero-order chi connectivity index (χ0) is 13.8. The van der Waals surface area contributed by atoms with Gasteiger partial charge < -0.3 is 4.74 Å². The first-order valence-corrected chi connectivity index (χ1v) is 6.35. The number of ketones is 1. The van der Waals surface area contributed by atoms with Gasteiger partial charge in [-0.2, -0.15) is 5.10 Å². The molecule has 0 unspecified atom stereocenters. The van der Waals surface area contributed by atoms with Crippen molar-refractivity contribution in [2.24, 2.45) is 7.05 Å². The van der Waals surface area contributed by atoms with Crippen LogP contribution in [-0.2, 0) is 20.1 Å². The van der Waals surface area contributed by atoms with E-state index in [1.807, 2.05) is 29.9 Å². The van der Waals surface area contributed by atoms with Crippen molar-refractivity contribution < 1.29 is 9.53 Å². The maximum absolute atomic E-state index is 11.2. The molecule has 2 rings (SSSR count). The molecule has 100 valence electrons. The van der Waals surface area contributed by atoms with E-state index >= 15 is 0 Å². The van der Waals surface area contributed by atoms with E-state index in [0.717, 1.165) is 23.6 Å². The number of Topliss-reactive ketones (excluding diaryl/α,β-unsaturated/α-hetero) is 1. The molecule has 1 aromatic heterocycles. The Hall–Kier alpha value is -2.10. The van der Waals surface area contributed by atoms with Gasteiger partial charge in [-0.05, 0) is 43.7 Å². The minimum absolute atomic E-state index is 0.0609. The molecule has 4 heteroatoms. The highest BCUT2D eigenvalue weighted by Crippen LogP contribution is 2.15. The number of carbonyl (C=O) groups is 1. The highest BCUT2D eigenvalue weighted by Gasteiger charge is 2.05. The molecule has 0 fully saturated rings. The van der Waals surface area contributed by atoms with Gasteiger partial charge in [0.05, 0.1) is 11.4 Å². The number of carbonyl (C=O) groups excluding carboxylic acids is 1. The second-order valence-electron chi connectivity index (χ2n) is 4.47. The predicted octanol–water partition coefficient (Wildman–Crippen LogP) is 2.76. The Labute approximate surface area is 113 Å². The van der Waals surface area contributed by atoms with Gasteiger partial charge in [-0.15, -0.1) is 0 Å². The Morgan fingerprint density at radius 2 is 2.00 bits per heavy atom. The number of aryl methyl sites for hydroxylation is 2. The van der Waals surface area contributed by atoms with E-state index in [2.05, 4.69) is 12.0 Å². The average Bonchev–Trinajstić information content (AvgIpc) is 2.77. The summed E-state index contributed by atoms with van der Waals surface area (Å²) in [6.07, 6.45) is 0.918. The number of rotatable bonds is 5. The number of hydrogen-bond acceptors (Lipinski definition) is 3. The molecule has 0 aliphatic heterocycles. The predicted molar refractivity (Wildman–Crippen MR) is 73.4 cm³/mol. The van der Waals surface area contributed by atoms with Gasteiger partial charge in [0.2, 0.25) is 0 Å². The maximum Gasteiger partial charge on any atom is 0.159 e. The van der Waals surface area contributed by atoms with Gasteiger partial charge in [-0.25, -0.2) is 0 Å². The normalized spacial score (nSPS) is 10.5. The molecule has 0 N–H and O–H groups in total. The quantitative estimate of drug-likeness (QED) is 0.775. The monoisotopic (exact) mass is 258 g/mol. The van der Waals surface area contributed by atoms with Crippen LogP contribution < -0.4 is 4.74 Å². The highest BCUT2D eigenvalue weighted by molar-refractivity contribution is 5.94. The van der Waals surface area contributed by atoms with Crippen molar-refractivity contribution in [2.75, 3.05) is 0 Å². The SMILES string of the molecule is CCc1cc(COc2ccc(C(C)=O)cc2)n(C)n1. The molecule has 0 aliphatic rings. The summed E-state index contributed by atoms with van der Waals surface area (Å²) in [7, 11) is 1.91. The Kier molecular flexibility index (Phi) is 4.00. The maximum atomic E-state index is 11.2. The molecule has 4 nitrogen and oxygen atoms in total. The molecule has 1 heterocycles. The van der Waals surface area contributed by atoms with Crippen LogP contribution in [-0.4, -0.2) is 15.6 Å². The average molecular weight is 258 g/mol. The molecular weight excluding hydrogens is 240 g/mol. The summed E-state index contributed by atoms with van der Waals surface area (Å²) in [5.41, 5.74) is 2.79. The summed E-state index contributed by atoms with van der Waals surface area (Å²) in [6, 6.07) is 9.22. The van der Waals surface area contributed by atoms with Crippen LogP contribution in [0.15, 0.2) is 30.3 Å². The van der Waals surface area contributed by atoms with Crippen molar-refractivity contribution in [3.05, 3.63) is 47.3 Å². The first kappa shape index (κ1) is 13.3. The van der Waals surface area contributed by atoms with Crippen LogP contribution in [0, 0.1) is 0 Å². The van der Waals surface area contributed by atoms with E-state index in [0.29, 0.717) is 12.2 Å². The molecule has 0 saturated carbocycles. The first-order valence-electron chi connectivity index (χ1n) is 6.35. The van der Waals surface area contributed by atoms with E-state index in [-0.39, 0.29) is 5.78 Å². The first-order chi connectivity index (χ1) is 9.10. The summed E-state index contributed by atoms with van der Waals surface area (Å²) in [6.45, 7) is 4.11. The molecule has 0 aliphatic carbocycles. The molecule has 0 bridgehead atoms. The van der Waals surface area contributed by atoms with Crippen molar-refractivity contribution in [1.29, 1.82) is 0 Å². The Morgan fingerprint density at radius 3 is 2.53 bits per heavy atom. The Balaban J connectivity index is 2.01. The third-order valence-corrected chi connectivity index (χ3v) is 3.04. The van der Waals surface area contributed by atoms with Crippen LogP contribution >= 0.6 is 0 Å². The molecule has 0 atom stereocenters. The number of nitrogens with zero attached hydrogens (tertiary/aromatic N) is 2. The lowest BCUT2D eigenvalue weighted by atomic mass is 10.1. The largest absolute Gasteiger partial charge is 0.487 e. The lowest BCUT2D eigenvalue weighted by Gasteiger charge is -2.06. The standard InChI is InChI=1S/C15H18N2O2/c1-4-13-9-14(17(3)16-13)10-19-15-7-5-12(6-8-15)11(2)18/h5-9H,4,10H2,1-3H3. The van der Waals surface area contributed by atoms with Gasteiger partial charge in [0, 0.05) is 12.6 Å². The molecule has 19 heavy (non-hydrogen) atoms. The van der Waals surface area contributed by atoms with Crippen molar-refractivity contribution in [3.8, 4) is 5.75 Å². The number of aromatic nitrogens is 2. The van der Waals surface area contributed by atoms with Crippen LogP contribution in [0.3, 0.4) is 0 Å². The summed E-state index contributed by atoms with van der Waals surface area (Å²) in [4.78, 5) is 11.2. The van der Waals surface area contributed by atoms with Crippen LogP contribution in [0.5, 0.6) is 5.75 Å². The van der Waals surface area contributed by atoms with Crippen molar-refractivity contribution in [2.45, 2.75) is 26.9 Å². The van der Waals surface area contributed by atoms with Crippen molar-refractivity contribution in [1.82, 2.24) is 9.78 Å². The smallest absolute Gasteiger partial charge is 0.159 e. The molecule has 1 aromatic carbocycles. The molecular formula is C15H18N2O2. The van der Waals surface area contributed by atoms with Crippen LogP contribution in [0.2, 0.25) is 0 Å². The second kappa shape index (κ2) is 5.69. The zero-order valence-electron chi connectivity index (χ0n) is 11.5. The van der Waals surface area contributed by atoms with Crippen molar-refractivity contribution >= 4 is 5.78 Å². The highest BCUT2D eigenvalue weighted by atomic mass is 16.5. The molecule has 0 radical (unpaired) electrons.